The molecule has 7 nitrogen and oxygen atoms in total. The Kier molecular flexibility index (Phi) is 5.25. The molecule has 1 aromatic heterocycles. The molecule has 0 fully saturated rings. The molecular formula is C12H19N5O2. The molecule has 6 N–H and O–H groups in total. The van der Waals surface area contributed by atoms with E-state index >= 15 is 0 Å². The van der Waals surface area contributed by atoms with E-state index in [1.807, 2.05) is 6.92 Å². The minimum Gasteiger partial charge on any atom is -0.368 e. The molecule has 0 radical (unpaired) electrons. The number of aryl methyl sites for hydroxylation is 1. The second-order valence-corrected chi connectivity index (χ2v) is 4.22. The van der Waals surface area contributed by atoms with Crippen molar-refractivity contribution in [2.24, 2.45) is 11.6 Å². The van der Waals surface area contributed by atoms with Crippen LogP contribution in [-0.4, -0.2) is 22.8 Å². The number of hydrazine groups is 1. The van der Waals surface area contributed by atoms with Crippen molar-refractivity contribution in [1.82, 2.24) is 10.3 Å². The van der Waals surface area contributed by atoms with Gasteiger partial charge in [-0.3, -0.25) is 9.59 Å². The summed E-state index contributed by atoms with van der Waals surface area (Å²) < 4.78 is 0. The first-order valence-corrected chi connectivity index (χ1v) is 6.05. The molecule has 1 atom stereocenters. The van der Waals surface area contributed by atoms with Gasteiger partial charge in [0.05, 0.1) is 0 Å². The van der Waals surface area contributed by atoms with Gasteiger partial charge in [0.1, 0.15) is 11.9 Å². The van der Waals surface area contributed by atoms with Gasteiger partial charge >= 0.3 is 0 Å². The van der Waals surface area contributed by atoms with E-state index in [1.54, 1.807) is 6.07 Å². The van der Waals surface area contributed by atoms with Crippen molar-refractivity contribution < 1.29 is 9.59 Å². The zero-order chi connectivity index (χ0) is 14.4. The number of amides is 2. The zero-order valence-electron chi connectivity index (χ0n) is 11.1. The summed E-state index contributed by atoms with van der Waals surface area (Å²) in [7, 11) is 0. The average molecular weight is 265 g/mol. The third-order valence-electron chi connectivity index (χ3n) is 2.57. The number of hydrogen-bond donors (Lipinski definition) is 4. The molecule has 104 valence electrons. The number of nitrogens with one attached hydrogen (secondary N) is 2. The van der Waals surface area contributed by atoms with E-state index in [-0.39, 0.29) is 5.91 Å². The maximum absolute atomic E-state index is 12.0. The standard InChI is InChI=1S/C12H19N5O2/c1-3-4-9-5-8(6-10(16-9)17-14)12(19)15-7(2)11(13)18/h5-7H,3-4,14H2,1-2H3,(H2,13,18)(H,15,19)(H,16,17). The van der Waals surface area contributed by atoms with Crippen molar-refractivity contribution in [3.05, 3.63) is 23.4 Å². The van der Waals surface area contributed by atoms with Crippen molar-refractivity contribution in [3.8, 4) is 0 Å². The Labute approximate surface area is 111 Å². The van der Waals surface area contributed by atoms with Crippen molar-refractivity contribution in [1.29, 1.82) is 0 Å². The number of rotatable bonds is 6. The van der Waals surface area contributed by atoms with E-state index in [9.17, 15) is 9.59 Å². The number of nitrogens with two attached hydrogens (primary N) is 2. The van der Waals surface area contributed by atoms with Crippen LogP contribution < -0.4 is 22.3 Å². The van der Waals surface area contributed by atoms with Crippen molar-refractivity contribution in [2.75, 3.05) is 5.43 Å². The first kappa shape index (κ1) is 14.9. The quantitative estimate of drug-likeness (QED) is 0.423. The van der Waals surface area contributed by atoms with Gasteiger partial charge in [-0.2, -0.15) is 0 Å². The molecule has 1 heterocycles. The van der Waals surface area contributed by atoms with Crippen LogP contribution in [-0.2, 0) is 11.2 Å². The minimum absolute atomic E-state index is 0.387. The average Bonchev–Trinajstić information content (AvgIpc) is 2.38. The fourth-order valence-corrected chi connectivity index (χ4v) is 1.53. The summed E-state index contributed by atoms with van der Waals surface area (Å²) in [5.41, 5.74) is 8.66. The lowest BCUT2D eigenvalue weighted by atomic mass is 10.1. The van der Waals surface area contributed by atoms with Gasteiger partial charge in [0, 0.05) is 11.3 Å². The molecule has 0 bridgehead atoms. The Bertz CT molecular complexity index is 475. The number of nitrogens with zero attached hydrogens (tertiary/aromatic N) is 1. The molecule has 0 aliphatic rings. The minimum atomic E-state index is -0.732. The van der Waals surface area contributed by atoms with E-state index in [0.29, 0.717) is 11.4 Å². The van der Waals surface area contributed by atoms with Crippen LogP contribution in [0.25, 0.3) is 0 Å². The topological polar surface area (TPSA) is 123 Å². The van der Waals surface area contributed by atoms with Crippen LogP contribution in [0.1, 0.15) is 36.3 Å². The molecule has 0 aliphatic carbocycles. The number of primary amides is 1. The summed E-state index contributed by atoms with van der Waals surface area (Å²) in [6.07, 6.45) is 1.64. The monoisotopic (exact) mass is 265 g/mol. The smallest absolute Gasteiger partial charge is 0.252 e. The van der Waals surface area contributed by atoms with Gasteiger partial charge in [-0.15, -0.1) is 0 Å². The third kappa shape index (κ3) is 4.22. The molecule has 1 rings (SSSR count). The first-order chi connectivity index (χ1) is 8.97. The highest BCUT2D eigenvalue weighted by Crippen LogP contribution is 2.11. The van der Waals surface area contributed by atoms with Crippen LogP contribution in [0.4, 0.5) is 5.82 Å². The van der Waals surface area contributed by atoms with E-state index in [0.717, 1.165) is 18.5 Å². The van der Waals surface area contributed by atoms with Gasteiger partial charge in [0.15, 0.2) is 0 Å². The molecule has 1 aromatic rings. The van der Waals surface area contributed by atoms with Gasteiger partial charge in [0.25, 0.3) is 5.91 Å². The van der Waals surface area contributed by atoms with Gasteiger partial charge in [-0.05, 0) is 25.5 Å². The number of carbonyl (C=O) groups is 2. The summed E-state index contributed by atoms with van der Waals surface area (Å²) in [5, 5.41) is 2.51. The second-order valence-electron chi connectivity index (χ2n) is 4.22. The van der Waals surface area contributed by atoms with E-state index in [2.05, 4.69) is 15.7 Å². The summed E-state index contributed by atoms with van der Waals surface area (Å²) in [6, 6.07) is 2.46. The lowest BCUT2D eigenvalue weighted by Crippen LogP contribution is -2.42. The number of anilines is 1. The van der Waals surface area contributed by atoms with Crippen LogP contribution >= 0.6 is 0 Å². The Morgan fingerprint density at radius 1 is 1.42 bits per heavy atom. The molecule has 19 heavy (non-hydrogen) atoms. The largest absolute Gasteiger partial charge is 0.368 e. The highest BCUT2D eigenvalue weighted by atomic mass is 16.2. The highest BCUT2D eigenvalue weighted by molar-refractivity contribution is 5.97. The normalized spacial score (nSPS) is 11.7. The Balaban J connectivity index is 2.95. The highest BCUT2D eigenvalue weighted by Gasteiger charge is 2.15. The molecule has 0 saturated heterocycles. The maximum atomic E-state index is 12.0. The van der Waals surface area contributed by atoms with E-state index in [1.165, 1.54) is 13.0 Å². The van der Waals surface area contributed by atoms with Crippen molar-refractivity contribution >= 4 is 17.6 Å². The fourth-order valence-electron chi connectivity index (χ4n) is 1.53. The summed E-state index contributed by atoms with van der Waals surface area (Å²) in [5.74, 6) is 4.74. The van der Waals surface area contributed by atoms with Gasteiger partial charge in [-0.25, -0.2) is 10.8 Å². The Morgan fingerprint density at radius 3 is 2.63 bits per heavy atom. The third-order valence-corrected chi connectivity index (χ3v) is 2.57. The van der Waals surface area contributed by atoms with Crippen LogP contribution in [0.15, 0.2) is 12.1 Å². The van der Waals surface area contributed by atoms with E-state index in [4.69, 9.17) is 11.6 Å². The molecule has 1 unspecified atom stereocenters. The Morgan fingerprint density at radius 2 is 2.11 bits per heavy atom. The lowest BCUT2D eigenvalue weighted by Gasteiger charge is -2.12. The Hall–Kier alpha value is -2.15. The van der Waals surface area contributed by atoms with Gasteiger partial charge in [-0.1, -0.05) is 13.3 Å². The van der Waals surface area contributed by atoms with Crippen molar-refractivity contribution in [3.63, 3.8) is 0 Å². The molecule has 0 aliphatic heterocycles. The van der Waals surface area contributed by atoms with E-state index < -0.39 is 11.9 Å². The van der Waals surface area contributed by atoms with Gasteiger partial charge in [0.2, 0.25) is 5.91 Å². The van der Waals surface area contributed by atoms with Crippen LogP contribution in [0.3, 0.4) is 0 Å². The van der Waals surface area contributed by atoms with Crippen LogP contribution in [0, 0.1) is 0 Å². The number of carbonyl (C=O) groups excluding carboxylic acids is 2. The second kappa shape index (κ2) is 6.69. The lowest BCUT2D eigenvalue weighted by molar-refractivity contribution is -0.119. The molecule has 7 heteroatoms. The summed E-state index contributed by atoms with van der Waals surface area (Å²) >= 11 is 0. The molecule has 0 saturated carbocycles. The zero-order valence-corrected chi connectivity index (χ0v) is 11.1. The summed E-state index contributed by atoms with van der Waals surface area (Å²) in [6.45, 7) is 3.54. The number of hydrogen-bond acceptors (Lipinski definition) is 5. The predicted molar refractivity (Wildman–Crippen MR) is 72.2 cm³/mol. The van der Waals surface area contributed by atoms with Crippen LogP contribution in [0.5, 0.6) is 0 Å². The van der Waals surface area contributed by atoms with Crippen LogP contribution in [0.2, 0.25) is 0 Å². The molecule has 0 aromatic carbocycles. The molecular weight excluding hydrogens is 246 g/mol. The number of pyridine rings is 1. The SMILES string of the molecule is CCCc1cc(C(=O)NC(C)C(N)=O)cc(NN)n1. The molecule has 0 spiro atoms. The first-order valence-electron chi connectivity index (χ1n) is 6.05. The predicted octanol–water partition coefficient (Wildman–Crippen LogP) is -0.0767. The van der Waals surface area contributed by atoms with Crippen molar-refractivity contribution in [2.45, 2.75) is 32.7 Å². The van der Waals surface area contributed by atoms with Gasteiger partial charge < -0.3 is 16.5 Å². The molecule has 2 amide bonds. The summed E-state index contributed by atoms with van der Waals surface area (Å²) in [4.78, 5) is 27.1. The number of nitrogen functional groups attached to an aromatic ring is 1. The fraction of sp³-hybridized carbons (Fsp3) is 0.417. The maximum Gasteiger partial charge on any atom is 0.252 e. The number of aromatic nitrogens is 1.